The van der Waals surface area contributed by atoms with Crippen LogP contribution in [-0.2, 0) is 0 Å². The van der Waals surface area contributed by atoms with E-state index < -0.39 is 0 Å². The molecule has 1 aromatic carbocycles. The number of rotatable bonds is 9. The number of benzene rings is 1. The maximum absolute atomic E-state index is 5.75. The second-order valence-corrected chi connectivity index (χ2v) is 6.57. The molecule has 6 nitrogen and oxygen atoms in total. The Balaban J connectivity index is 1.72. The summed E-state index contributed by atoms with van der Waals surface area (Å²) < 4.78 is 10.9. The second-order valence-electron chi connectivity index (χ2n) is 6.57. The summed E-state index contributed by atoms with van der Waals surface area (Å²) in [6, 6.07) is 7.64. The summed E-state index contributed by atoms with van der Waals surface area (Å²) in [5.74, 6) is 3.21. The monoisotopic (exact) mass is 362 g/mol. The van der Waals surface area contributed by atoms with Crippen molar-refractivity contribution in [1.29, 1.82) is 0 Å². The van der Waals surface area contributed by atoms with E-state index in [0.717, 1.165) is 37.1 Å². The van der Waals surface area contributed by atoms with Gasteiger partial charge in [-0.2, -0.15) is 0 Å². The molecular formula is C20H34N4O2. The Labute approximate surface area is 158 Å². The molecule has 1 atom stereocenters. The molecule has 0 aliphatic carbocycles. The summed E-state index contributed by atoms with van der Waals surface area (Å²) in [5.41, 5.74) is 0. The first-order valence-corrected chi connectivity index (χ1v) is 9.76. The van der Waals surface area contributed by atoms with Crippen LogP contribution in [0.2, 0.25) is 0 Å². The van der Waals surface area contributed by atoms with Crippen molar-refractivity contribution in [2.24, 2.45) is 10.9 Å². The topological polar surface area (TPSA) is 58.1 Å². The van der Waals surface area contributed by atoms with Crippen molar-refractivity contribution in [1.82, 2.24) is 15.5 Å². The molecular weight excluding hydrogens is 328 g/mol. The molecule has 1 unspecified atom stereocenters. The highest BCUT2D eigenvalue weighted by Gasteiger charge is 2.18. The average Bonchev–Trinajstić information content (AvgIpc) is 2.69. The van der Waals surface area contributed by atoms with E-state index in [1.54, 1.807) is 7.11 Å². The van der Waals surface area contributed by atoms with Gasteiger partial charge in [-0.3, -0.25) is 4.99 Å². The predicted molar refractivity (Wildman–Crippen MR) is 107 cm³/mol. The normalized spacial score (nSPS) is 18.4. The smallest absolute Gasteiger partial charge is 0.191 e. The molecule has 1 aliphatic rings. The number of piperidine rings is 1. The molecule has 6 heteroatoms. The Morgan fingerprint density at radius 3 is 2.65 bits per heavy atom. The SMILES string of the molecule is CCNC(=NCC1CCCN(CC)C1)NCCOc1ccc(OC)cc1. The quantitative estimate of drug-likeness (QED) is 0.401. The summed E-state index contributed by atoms with van der Waals surface area (Å²) in [7, 11) is 1.66. The second kappa shape index (κ2) is 11.6. The van der Waals surface area contributed by atoms with Gasteiger partial charge in [0.05, 0.1) is 13.7 Å². The van der Waals surface area contributed by atoms with Gasteiger partial charge in [-0.25, -0.2) is 0 Å². The average molecular weight is 363 g/mol. The Bertz CT molecular complexity index is 533. The number of ether oxygens (including phenoxy) is 2. The van der Waals surface area contributed by atoms with Crippen molar-refractivity contribution in [3.63, 3.8) is 0 Å². The molecule has 0 bridgehead atoms. The van der Waals surface area contributed by atoms with Gasteiger partial charge in [0, 0.05) is 19.6 Å². The highest BCUT2D eigenvalue weighted by Crippen LogP contribution is 2.17. The standard InChI is InChI=1S/C20H34N4O2/c1-4-21-20(23-15-17-7-6-13-24(5-2)16-17)22-12-14-26-19-10-8-18(25-3)9-11-19/h8-11,17H,4-7,12-16H2,1-3H3,(H2,21,22,23). The van der Waals surface area contributed by atoms with Gasteiger partial charge in [0.15, 0.2) is 5.96 Å². The zero-order chi connectivity index (χ0) is 18.6. The fourth-order valence-electron chi connectivity index (χ4n) is 3.16. The number of aliphatic imine (C=N–C) groups is 1. The van der Waals surface area contributed by atoms with Gasteiger partial charge < -0.3 is 25.0 Å². The number of hydrogen-bond acceptors (Lipinski definition) is 4. The molecule has 0 amide bonds. The molecule has 2 rings (SSSR count). The van der Waals surface area contributed by atoms with Gasteiger partial charge in [0.1, 0.15) is 18.1 Å². The number of likely N-dealkylation sites (tertiary alicyclic amines) is 1. The van der Waals surface area contributed by atoms with Crippen LogP contribution in [0.3, 0.4) is 0 Å². The van der Waals surface area contributed by atoms with Crippen molar-refractivity contribution in [2.75, 3.05) is 53.0 Å². The van der Waals surface area contributed by atoms with Crippen LogP contribution in [0.5, 0.6) is 11.5 Å². The molecule has 1 aliphatic heterocycles. The molecule has 26 heavy (non-hydrogen) atoms. The van der Waals surface area contributed by atoms with Gasteiger partial charge in [-0.1, -0.05) is 6.92 Å². The third-order valence-electron chi connectivity index (χ3n) is 4.62. The lowest BCUT2D eigenvalue weighted by molar-refractivity contribution is 0.186. The van der Waals surface area contributed by atoms with Crippen LogP contribution in [-0.4, -0.2) is 63.8 Å². The lowest BCUT2D eigenvalue weighted by Gasteiger charge is -2.31. The Hall–Kier alpha value is -1.95. The Kier molecular flexibility index (Phi) is 9.10. The third kappa shape index (κ3) is 7.12. The van der Waals surface area contributed by atoms with Crippen LogP contribution in [0.15, 0.2) is 29.3 Å². The van der Waals surface area contributed by atoms with E-state index in [4.69, 9.17) is 14.5 Å². The first kappa shape index (κ1) is 20.4. The molecule has 0 spiro atoms. The van der Waals surface area contributed by atoms with Gasteiger partial charge in [-0.15, -0.1) is 0 Å². The minimum absolute atomic E-state index is 0.587. The Morgan fingerprint density at radius 2 is 1.96 bits per heavy atom. The molecule has 0 saturated carbocycles. The van der Waals surface area contributed by atoms with Crippen LogP contribution < -0.4 is 20.1 Å². The molecule has 0 radical (unpaired) electrons. The number of guanidine groups is 1. The molecule has 1 saturated heterocycles. The highest BCUT2D eigenvalue weighted by atomic mass is 16.5. The first-order chi connectivity index (χ1) is 12.7. The van der Waals surface area contributed by atoms with Crippen LogP contribution >= 0.6 is 0 Å². The van der Waals surface area contributed by atoms with E-state index in [0.29, 0.717) is 19.1 Å². The molecule has 2 N–H and O–H groups in total. The minimum atomic E-state index is 0.587. The molecule has 0 aromatic heterocycles. The van der Waals surface area contributed by atoms with Crippen LogP contribution in [0.25, 0.3) is 0 Å². The zero-order valence-electron chi connectivity index (χ0n) is 16.5. The van der Waals surface area contributed by atoms with E-state index in [1.807, 2.05) is 24.3 Å². The van der Waals surface area contributed by atoms with Crippen molar-refractivity contribution in [2.45, 2.75) is 26.7 Å². The fraction of sp³-hybridized carbons (Fsp3) is 0.650. The lowest BCUT2D eigenvalue weighted by Crippen LogP contribution is -2.41. The van der Waals surface area contributed by atoms with Gasteiger partial charge in [0.2, 0.25) is 0 Å². The van der Waals surface area contributed by atoms with Crippen molar-refractivity contribution in [3.05, 3.63) is 24.3 Å². The molecule has 1 heterocycles. The van der Waals surface area contributed by atoms with E-state index in [9.17, 15) is 0 Å². The van der Waals surface area contributed by atoms with Gasteiger partial charge in [-0.05, 0) is 63.0 Å². The lowest BCUT2D eigenvalue weighted by atomic mass is 9.98. The van der Waals surface area contributed by atoms with Gasteiger partial charge >= 0.3 is 0 Å². The van der Waals surface area contributed by atoms with E-state index in [1.165, 1.54) is 25.9 Å². The number of methoxy groups -OCH3 is 1. The summed E-state index contributed by atoms with van der Waals surface area (Å²) in [4.78, 5) is 7.29. The van der Waals surface area contributed by atoms with E-state index >= 15 is 0 Å². The summed E-state index contributed by atoms with van der Waals surface area (Å²) in [6.45, 7) is 10.9. The largest absolute Gasteiger partial charge is 0.497 e. The number of hydrogen-bond donors (Lipinski definition) is 2. The fourth-order valence-corrected chi connectivity index (χ4v) is 3.16. The molecule has 146 valence electrons. The maximum Gasteiger partial charge on any atom is 0.191 e. The van der Waals surface area contributed by atoms with Crippen molar-refractivity contribution in [3.8, 4) is 11.5 Å². The zero-order valence-corrected chi connectivity index (χ0v) is 16.5. The third-order valence-corrected chi connectivity index (χ3v) is 4.62. The summed E-state index contributed by atoms with van der Waals surface area (Å²) in [6.07, 6.45) is 2.56. The van der Waals surface area contributed by atoms with Gasteiger partial charge in [0.25, 0.3) is 0 Å². The summed E-state index contributed by atoms with van der Waals surface area (Å²) >= 11 is 0. The van der Waals surface area contributed by atoms with Crippen LogP contribution in [0, 0.1) is 5.92 Å². The summed E-state index contributed by atoms with van der Waals surface area (Å²) in [5, 5.41) is 6.67. The molecule has 1 aromatic rings. The minimum Gasteiger partial charge on any atom is -0.497 e. The number of nitrogens with zero attached hydrogens (tertiary/aromatic N) is 2. The Morgan fingerprint density at radius 1 is 1.19 bits per heavy atom. The highest BCUT2D eigenvalue weighted by molar-refractivity contribution is 5.79. The maximum atomic E-state index is 5.75. The van der Waals surface area contributed by atoms with Crippen LogP contribution in [0.4, 0.5) is 0 Å². The van der Waals surface area contributed by atoms with Crippen molar-refractivity contribution < 1.29 is 9.47 Å². The van der Waals surface area contributed by atoms with E-state index in [-0.39, 0.29) is 0 Å². The predicted octanol–water partition coefficient (Wildman–Crippen LogP) is 2.36. The first-order valence-electron chi connectivity index (χ1n) is 9.76. The van der Waals surface area contributed by atoms with Crippen molar-refractivity contribution >= 4 is 5.96 Å². The molecule has 1 fully saturated rings. The number of nitrogens with one attached hydrogen (secondary N) is 2. The van der Waals surface area contributed by atoms with E-state index in [2.05, 4.69) is 29.4 Å². The van der Waals surface area contributed by atoms with Crippen LogP contribution in [0.1, 0.15) is 26.7 Å².